The minimum atomic E-state index is 0.408. The van der Waals surface area contributed by atoms with Crippen molar-refractivity contribution in [1.82, 2.24) is 4.90 Å². The fourth-order valence-corrected chi connectivity index (χ4v) is 5.27. The van der Waals surface area contributed by atoms with E-state index in [1.54, 1.807) is 0 Å². The van der Waals surface area contributed by atoms with Crippen LogP contribution in [0.15, 0.2) is 4.99 Å². The highest BCUT2D eigenvalue weighted by Crippen LogP contribution is 2.42. The summed E-state index contributed by atoms with van der Waals surface area (Å²) < 4.78 is 0. The second kappa shape index (κ2) is 6.56. The van der Waals surface area contributed by atoms with Crippen LogP contribution in [0.3, 0.4) is 0 Å². The SMILES string of the molecule is BC1CCCCC2C(C1)S/C(=N/C(C)C)N2C(C)C. The van der Waals surface area contributed by atoms with E-state index in [9.17, 15) is 0 Å². The van der Waals surface area contributed by atoms with Crippen LogP contribution in [-0.2, 0) is 0 Å². The molecule has 2 rings (SSSR count). The average molecular weight is 280 g/mol. The molecule has 1 aliphatic heterocycles. The summed E-state index contributed by atoms with van der Waals surface area (Å²) in [6.45, 7) is 9.02. The lowest BCUT2D eigenvalue weighted by molar-refractivity contribution is 0.239. The van der Waals surface area contributed by atoms with Crippen molar-refractivity contribution < 1.29 is 0 Å². The van der Waals surface area contributed by atoms with E-state index in [1.807, 2.05) is 0 Å². The Kier molecular flexibility index (Phi) is 5.27. The lowest BCUT2D eigenvalue weighted by Gasteiger charge is -2.34. The molecule has 0 aromatic heterocycles. The summed E-state index contributed by atoms with van der Waals surface area (Å²) in [4.78, 5) is 7.51. The minimum absolute atomic E-state index is 0.408. The van der Waals surface area contributed by atoms with Gasteiger partial charge in [0, 0.05) is 23.4 Å². The van der Waals surface area contributed by atoms with Crippen molar-refractivity contribution in [3.63, 3.8) is 0 Å². The molecule has 3 atom stereocenters. The Morgan fingerprint density at radius 1 is 1.21 bits per heavy atom. The third-order valence-corrected chi connectivity index (χ3v) is 5.61. The molecule has 0 bridgehead atoms. The van der Waals surface area contributed by atoms with Crippen molar-refractivity contribution in [1.29, 1.82) is 0 Å². The largest absolute Gasteiger partial charge is 0.345 e. The van der Waals surface area contributed by atoms with Crippen LogP contribution in [0.25, 0.3) is 0 Å². The van der Waals surface area contributed by atoms with Crippen molar-refractivity contribution in [2.75, 3.05) is 0 Å². The highest BCUT2D eigenvalue weighted by Gasteiger charge is 2.40. The van der Waals surface area contributed by atoms with E-state index < -0.39 is 0 Å². The second-order valence-electron chi connectivity index (χ2n) is 6.86. The molecule has 1 saturated heterocycles. The summed E-state index contributed by atoms with van der Waals surface area (Å²) in [5.41, 5.74) is 0. The Morgan fingerprint density at radius 2 is 1.89 bits per heavy atom. The summed E-state index contributed by atoms with van der Waals surface area (Å²) in [5, 5.41) is 2.09. The van der Waals surface area contributed by atoms with Crippen LogP contribution in [0, 0.1) is 0 Å². The summed E-state index contributed by atoms with van der Waals surface area (Å²) in [5.74, 6) is 0.882. The first-order chi connectivity index (χ1) is 8.99. The van der Waals surface area contributed by atoms with E-state index in [0.29, 0.717) is 12.1 Å². The molecule has 0 spiro atoms. The number of amidine groups is 1. The maximum Gasteiger partial charge on any atom is 0.160 e. The van der Waals surface area contributed by atoms with Gasteiger partial charge >= 0.3 is 0 Å². The smallest absolute Gasteiger partial charge is 0.160 e. The first-order valence-electron chi connectivity index (χ1n) is 8.01. The molecule has 19 heavy (non-hydrogen) atoms. The van der Waals surface area contributed by atoms with Gasteiger partial charge in [0.1, 0.15) is 7.85 Å². The molecule has 0 aromatic carbocycles. The van der Waals surface area contributed by atoms with Crippen molar-refractivity contribution in [2.45, 2.75) is 89.0 Å². The Labute approximate surface area is 124 Å². The maximum atomic E-state index is 4.90. The van der Waals surface area contributed by atoms with Gasteiger partial charge in [-0.1, -0.05) is 36.8 Å². The third kappa shape index (κ3) is 3.71. The lowest BCUT2D eigenvalue weighted by Crippen LogP contribution is -2.42. The normalized spacial score (nSPS) is 34.7. The first-order valence-corrected chi connectivity index (χ1v) is 8.89. The predicted molar refractivity (Wildman–Crippen MR) is 90.1 cm³/mol. The Hall–Kier alpha value is -0.115. The van der Waals surface area contributed by atoms with E-state index in [1.165, 1.54) is 37.3 Å². The highest BCUT2D eigenvalue weighted by molar-refractivity contribution is 8.14. The van der Waals surface area contributed by atoms with Crippen LogP contribution in [0.1, 0.15) is 59.8 Å². The topological polar surface area (TPSA) is 15.6 Å². The Bertz CT molecular complexity index is 330. The van der Waals surface area contributed by atoms with Crippen molar-refractivity contribution in [2.24, 2.45) is 4.99 Å². The molecule has 2 aliphatic rings. The molecule has 0 amide bonds. The lowest BCUT2D eigenvalue weighted by atomic mass is 9.76. The summed E-state index contributed by atoms with van der Waals surface area (Å²) in [6.07, 6.45) is 6.96. The Morgan fingerprint density at radius 3 is 2.53 bits per heavy atom. The van der Waals surface area contributed by atoms with Gasteiger partial charge in [-0.25, -0.2) is 0 Å². The number of hydrogen-bond acceptors (Lipinski definition) is 2. The van der Waals surface area contributed by atoms with Crippen LogP contribution >= 0.6 is 11.8 Å². The van der Waals surface area contributed by atoms with Gasteiger partial charge in [0.15, 0.2) is 5.17 Å². The van der Waals surface area contributed by atoms with Crippen LogP contribution in [0.5, 0.6) is 0 Å². The number of thioether (sulfide) groups is 1. The zero-order chi connectivity index (χ0) is 14.0. The fourth-order valence-electron chi connectivity index (χ4n) is 3.41. The molecule has 2 nitrogen and oxygen atoms in total. The van der Waals surface area contributed by atoms with E-state index in [0.717, 1.165) is 17.1 Å². The Balaban J connectivity index is 2.21. The zero-order valence-electron chi connectivity index (χ0n) is 13.2. The van der Waals surface area contributed by atoms with Gasteiger partial charge in [0.25, 0.3) is 0 Å². The number of aliphatic imine (C=N–C) groups is 1. The minimum Gasteiger partial charge on any atom is -0.345 e. The molecular weight excluding hydrogens is 251 g/mol. The van der Waals surface area contributed by atoms with Gasteiger partial charge in [-0.3, -0.25) is 4.99 Å². The number of hydrogen-bond donors (Lipinski definition) is 0. The average Bonchev–Trinajstić information content (AvgIpc) is 2.58. The zero-order valence-corrected chi connectivity index (χ0v) is 14.0. The van der Waals surface area contributed by atoms with Crippen molar-refractivity contribution in [3.8, 4) is 0 Å². The molecule has 2 fully saturated rings. The van der Waals surface area contributed by atoms with E-state index in [2.05, 4.69) is 52.2 Å². The summed E-state index contributed by atoms with van der Waals surface area (Å²) >= 11 is 2.06. The molecule has 3 unspecified atom stereocenters. The predicted octanol–water partition coefficient (Wildman–Crippen LogP) is 3.33. The number of nitrogens with zero attached hydrogens (tertiary/aromatic N) is 2. The molecule has 0 radical (unpaired) electrons. The quantitative estimate of drug-likeness (QED) is 0.721. The first kappa shape index (κ1) is 15.3. The van der Waals surface area contributed by atoms with Gasteiger partial charge in [-0.2, -0.15) is 0 Å². The standard InChI is InChI=1S/C15H29BN2S/c1-10(2)17-15-18(11(3)4)13-8-6-5-7-12(16)9-14(13)19-15/h10-14H,5-9,16H2,1-4H3/b17-15+. The number of rotatable bonds is 2. The van der Waals surface area contributed by atoms with Gasteiger partial charge in [-0.15, -0.1) is 0 Å². The van der Waals surface area contributed by atoms with Gasteiger partial charge in [0.05, 0.1) is 0 Å². The molecule has 1 saturated carbocycles. The third-order valence-electron chi connectivity index (χ3n) is 4.27. The van der Waals surface area contributed by atoms with Gasteiger partial charge in [-0.05, 0) is 40.5 Å². The van der Waals surface area contributed by atoms with Crippen molar-refractivity contribution >= 4 is 24.8 Å². The van der Waals surface area contributed by atoms with Crippen LogP contribution < -0.4 is 0 Å². The maximum absolute atomic E-state index is 4.90. The molecular formula is C15H29BN2S. The molecule has 1 heterocycles. The fraction of sp³-hybridized carbons (Fsp3) is 0.933. The molecule has 1 aliphatic carbocycles. The molecule has 0 N–H and O–H groups in total. The van der Waals surface area contributed by atoms with Gasteiger partial charge in [0.2, 0.25) is 0 Å². The monoisotopic (exact) mass is 280 g/mol. The molecule has 0 aromatic rings. The molecule has 4 heteroatoms. The van der Waals surface area contributed by atoms with E-state index in [-0.39, 0.29) is 0 Å². The van der Waals surface area contributed by atoms with Crippen LogP contribution in [-0.4, -0.2) is 41.3 Å². The second-order valence-corrected chi connectivity index (χ2v) is 8.06. The summed E-state index contributed by atoms with van der Waals surface area (Å²) in [6, 6.07) is 1.71. The van der Waals surface area contributed by atoms with E-state index >= 15 is 0 Å². The summed E-state index contributed by atoms with van der Waals surface area (Å²) in [7, 11) is 2.43. The van der Waals surface area contributed by atoms with Crippen LogP contribution in [0.2, 0.25) is 5.82 Å². The molecule has 108 valence electrons. The highest BCUT2D eigenvalue weighted by atomic mass is 32.2. The van der Waals surface area contributed by atoms with Gasteiger partial charge < -0.3 is 4.90 Å². The van der Waals surface area contributed by atoms with Crippen LogP contribution in [0.4, 0.5) is 0 Å². The number of fused-ring (bicyclic) bond motifs is 1. The van der Waals surface area contributed by atoms with Crippen molar-refractivity contribution in [3.05, 3.63) is 0 Å². The van der Waals surface area contributed by atoms with E-state index in [4.69, 9.17) is 4.99 Å².